The Labute approximate surface area is 219 Å². The predicted octanol–water partition coefficient (Wildman–Crippen LogP) is 8.31. The third kappa shape index (κ3) is 5.26. The molecule has 1 aromatic heterocycles. The highest BCUT2D eigenvalue weighted by Crippen LogP contribution is 2.44. The van der Waals surface area contributed by atoms with Crippen LogP contribution in [0.3, 0.4) is 0 Å². The number of methoxy groups -OCH3 is 1. The predicted molar refractivity (Wildman–Crippen MR) is 143 cm³/mol. The van der Waals surface area contributed by atoms with Crippen molar-refractivity contribution in [2.75, 3.05) is 7.11 Å². The van der Waals surface area contributed by atoms with Crippen molar-refractivity contribution in [3.05, 3.63) is 123 Å². The Kier molecular flexibility index (Phi) is 7.84. The lowest BCUT2D eigenvalue weighted by Gasteiger charge is -2.26. The topological polar surface area (TPSA) is 88.0 Å². The van der Waals surface area contributed by atoms with Crippen LogP contribution in [0.25, 0.3) is 32.8 Å². The van der Waals surface area contributed by atoms with Gasteiger partial charge in [-0.3, -0.25) is 4.98 Å². The number of ether oxygens (including phenoxy) is 1. The number of benzene rings is 3. The van der Waals surface area contributed by atoms with Gasteiger partial charge in [0.2, 0.25) is 0 Å². The molecule has 0 fully saturated rings. The molecule has 38 heavy (non-hydrogen) atoms. The zero-order valence-electron chi connectivity index (χ0n) is 21.4. The number of esters is 1. The van der Waals surface area contributed by atoms with Crippen molar-refractivity contribution >= 4 is 5.97 Å². The van der Waals surface area contributed by atoms with E-state index >= 15 is 0 Å². The third-order valence-corrected chi connectivity index (χ3v) is 6.28. The molecule has 6 nitrogen and oxygen atoms in total. The van der Waals surface area contributed by atoms with E-state index < -0.39 is 23.6 Å². The number of aryl methyl sites for hydroxylation is 1. The molecule has 0 aliphatic heterocycles. The number of azide groups is 1. The Balaban J connectivity index is 2.22. The first-order chi connectivity index (χ1) is 18.2. The van der Waals surface area contributed by atoms with Gasteiger partial charge in [-0.2, -0.15) is 0 Å². The molecule has 0 spiro atoms. The molecule has 1 atom stereocenters. The van der Waals surface area contributed by atoms with Gasteiger partial charge >= 0.3 is 5.97 Å². The van der Waals surface area contributed by atoms with E-state index in [0.29, 0.717) is 33.5 Å². The van der Waals surface area contributed by atoms with Crippen LogP contribution in [0.15, 0.2) is 77.9 Å². The van der Waals surface area contributed by atoms with Gasteiger partial charge in [-0.15, -0.1) is 0 Å². The third-order valence-electron chi connectivity index (χ3n) is 6.28. The van der Waals surface area contributed by atoms with Gasteiger partial charge in [-0.1, -0.05) is 60.9 Å². The van der Waals surface area contributed by atoms with Crippen molar-refractivity contribution in [2.45, 2.75) is 32.7 Å². The van der Waals surface area contributed by atoms with Gasteiger partial charge in [0.1, 0.15) is 11.6 Å². The maximum absolute atomic E-state index is 14.0. The molecular formula is C30H26F2N4O2. The number of hydrogen-bond acceptors (Lipinski definition) is 4. The fourth-order valence-corrected chi connectivity index (χ4v) is 4.46. The quantitative estimate of drug-likeness (QED) is 0.108. The van der Waals surface area contributed by atoms with Crippen molar-refractivity contribution < 1.29 is 18.3 Å². The van der Waals surface area contributed by atoms with E-state index in [1.807, 2.05) is 45.0 Å². The monoisotopic (exact) mass is 512 g/mol. The lowest BCUT2D eigenvalue weighted by atomic mass is 9.83. The zero-order valence-corrected chi connectivity index (χ0v) is 21.4. The minimum absolute atomic E-state index is 0.107. The van der Waals surface area contributed by atoms with Gasteiger partial charge in [0, 0.05) is 21.7 Å². The summed E-state index contributed by atoms with van der Waals surface area (Å²) in [6.45, 7) is 5.83. The van der Waals surface area contributed by atoms with Gasteiger partial charge in [0.05, 0.1) is 24.4 Å². The van der Waals surface area contributed by atoms with Crippen LogP contribution in [0.5, 0.6) is 0 Å². The second kappa shape index (κ2) is 11.2. The number of halogens is 2. The highest BCUT2D eigenvalue weighted by Gasteiger charge is 2.31. The summed E-state index contributed by atoms with van der Waals surface area (Å²) in [5.74, 6) is -1.74. The Bertz CT molecular complexity index is 1510. The summed E-state index contributed by atoms with van der Waals surface area (Å²) in [5.41, 5.74) is 14.2. The molecule has 0 radical (unpaired) electrons. The number of nitrogens with zero attached hydrogens (tertiary/aromatic N) is 4. The van der Waals surface area contributed by atoms with E-state index in [2.05, 4.69) is 10.0 Å². The number of hydrogen-bond donors (Lipinski definition) is 0. The average Bonchev–Trinajstić information content (AvgIpc) is 2.92. The summed E-state index contributed by atoms with van der Waals surface area (Å²) in [6, 6.07) is 18.0. The first-order valence-corrected chi connectivity index (χ1v) is 12.0. The van der Waals surface area contributed by atoms with Crippen molar-refractivity contribution in [3.63, 3.8) is 0 Å². The summed E-state index contributed by atoms with van der Waals surface area (Å²) in [6.07, 6.45) is 0. The molecule has 0 N–H and O–H groups in total. The maximum atomic E-state index is 14.0. The smallest absolute Gasteiger partial charge is 0.340 e. The van der Waals surface area contributed by atoms with Crippen molar-refractivity contribution in [1.29, 1.82) is 0 Å². The van der Waals surface area contributed by atoms with Gasteiger partial charge in [0.25, 0.3) is 0 Å². The van der Waals surface area contributed by atoms with Gasteiger partial charge in [-0.25, -0.2) is 13.6 Å². The standard InChI is InChI=1S/C30H26F2N4O2/c1-17(2)27-25(29(35-36-33)21-7-5-18(3)6-8-21)24(19-9-13-22(31)14-10-19)26(30(37)38-4)28(34-27)20-11-15-23(32)16-12-20/h5-17,29H,1-4H3. The second-order valence-corrected chi connectivity index (χ2v) is 9.19. The first kappa shape index (κ1) is 26.5. The van der Waals surface area contributed by atoms with E-state index in [4.69, 9.17) is 9.72 Å². The number of rotatable bonds is 7. The lowest BCUT2D eigenvalue weighted by Crippen LogP contribution is -2.16. The highest BCUT2D eigenvalue weighted by molar-refractivity contribution is 6.04. The van der Waals surface area contributed by atoms with E-state index in [0.717, 1.165) is 5.56 Å². The largest absolute Gasteiger partial charge is 0.465 e. The SMILES string of the molecule is COC(=O)c1c(-c2ccc(F)cc2)nc(C(C)C)c(C(N=[N+]=[N-])c2ccc(C)cc2)c1-c1ccc(F)cc1. The molecule has 192 valence electrons. The van der Waals surface area contributed by atoms with Gasteiger partial charge in [0.15, 0.2) is 0 Å². The van der Waals surface area contributed by atoms with Gasteiger partial charge in [-0.05, 0) is 71.5 Å². The number of carbonyl (C=O) groups excluding carboxylic acids is 1. The number of pyridine rings is 1. The van der Waals surface area contributed by atoms with E-state index in [1.54, 1.807) is 12.1 Å². The van der Waals surface area contributed by atoms with E-state index in [1.165, 1.54) is 43.5 Å². The Morgan fingerprint density at radius 3 is 1.97 bits per heavy atom. The number of aromatic nitrogens is 1. The van der Waals surface area contributed by atoms with Crippen LogP contribution in [-0.2, 0) is 4.74 Å². The highest BCUT2D eigenvalue weighted by atomic mass is 19.1. The molecule has 4 aromatic rings. The van der Waals surface area contributed by atoms with Crippen molar-refractivity contribution in [2.24, 2.45) is 5.11 Å². The molecule has 3 aromatic carbocycles. The fourth-order valence-electron chi connectivity index (χ4n) is 4.46. The van der Waals surface area contributed by atoms with E-state index in [9.17, 15) is 19.1 Å². The van der Waals surface area contributed by atoms with E-state index in [-0.39, 0.29) is 17.2 Å². The van der Waals surface area contributed by atoms with Crippen molar-refractivity contribution in [3.8, 4) is 22.4 Å². The minimum Gasteiger partial charge on any atom is -0.465 e. The first-order valence-electron chi connectivity index (χ1n) is 12.0. The molecule has 0 aliphatic rings. The summed E-state index contributed by atoms with van der Waals surface area (Å²) < 4.78 is 33.0. The van der Waals surface area contributed by atoms with Crippen LogP contribution >= 0.6 is 0 Å². The second-order valence-electron chi connectivity index (χ2n) is 9.19. The number of carbonyl (C=O) groups is 1. The van der Waals surface area contributed by atoms with Crippen LogP contribution < -0.4 is 0 Å². The van der Waals surface area contributed by atoms with Crippen LogP contribution in [-0.4, -0.2) is 18.1 Å². The van der Waals surface area contributed by atoms with Gasteiger partial charge < -0.3 is 4.74 Å². The molecule has 0 aliphatic carbocycles. The molecule has 4 rings (SSSR count). The normalized spacial score (nSPS) is 11.7. The Morgan fingerprint density at radius 1 is 0.921 bits per heavy atom. The molecule has 1 heterocycles. The minimum atomic E-state index is -0.851. The Morgan fingerprint density at radius 2 is 1.47 bits per heavy atom. The molecule has 0 amide bonds. The molecular weight excluding hydrogens is 486 g/mol. The summed E-state index contributed by atoms with van der Waals surface area (Å²) in [7, 11) is 1.26. The summed E-state index contributed by atoms with van der Waals surface area (Å²) in [5, 5.41) is 4.15. The lowest BCUT2D eigenvalue weighted by molar-refractivity contribution is 0.0602. The maximum Gasteiger partial charge on any atom is 0.340 e. The average molecular weight is 513 g/mol. The summed E-state index contributed by atoms with van der Waals surface area (Å²) in [4.78, 5) is 21.5. The molecule has 0 saturated heterocycles. The molecule has 0 saturated carbocycles. The molecule has 8 heteroatoms. The van der Waals surface area contributed by atoms with Crippen LogP contribution in [0.4, 0.5) is 8.78 Å². The Hall–Kier alpha value is -4.55. The summed E-state index contributed by atoms with van der Waals surface area (Å²) >= 11 is 0. The van der Waals surface area contributed by atoms with Crippen LogP contribution in [0, 0.1) is 18.6 Å². The molecule has 0 bridgehead atoms. The zero-order chi connectivity index (χ0) is 27.4. The fraction of sp³-hybridized carbons (Fsp3) is 0.200. The molecule has 1 unspecified atom stereocenters. The van der Waals surface area contributed by atoms with Crippen LogP contribution in [0.1, 0.15) is 58.5 Å². The van der Waals surface area contributed by atoms with Crippen molar-refractivity contribution in [1.82, 2.24) is 4.98 Å². The van der Waals surface area contributed by atoms with Crippen LogP contribution in [0.2, 0.25) is 0 Å².